The quantitative estimate of drug-likeness (QED) is 0.338. The van der Waals surface area contributed by atoms with Gasteiger partial charge in [-0.3, -0.25) is 0 Å². The van der Waals surface area contributed by atoms with Crippen LogP contribution in [0.25, 0.3) is 33.3 Å². The molecule has 0 aliphatic carbocycles. The van der Waals surface area contributed by atoms with Gasteiger partial charge in [0.05, 0.1) is 11.3 Å². The highest BCUT2D eigenvalue weighted by Gasteiger charge is 2.31. The fourth-order valence-electron chi connectivity index (χ4n) is 3.93. The van der Waals surface area contributed by atoms with Crippen molar-refractivity contribution in [3.63, 3.8) is 0 Å². The SMILES string of the molecule is NCCCCc1c(-c2ccccc2-c2ccccc2)[nH]c2ccc(C(F)(F)F)cc12. The topological polar surface area (TPSA) is 41.8 Å². The molecular weight excluding hydrogens is 385 g/mol. The van der Waals surface area contributed by atoms with Crippen LogP contribution in [0.1, 0.15) is 24.0 Å². The van der Waals surface area contributed by atoms with Gasteiger partial charge in [-0.05, 0) is 60.7 Å². The minimum Gasteiger partial charge on any atom is -0.354 e. The van der Waals surface area contributed by atoms with Gasteiger partial charge in [0.15, 0.2) is 0 Å². The Hall–Kier alpha value is -3.05. The van der Waals surface area contributed by atoms with Gasteiger partial charge in [0.25, 0.3) is 0 Å². The predicted octanol–water partition coefficient (Wildman–Crippen LogP) is 6.80. The lowest BCUT2D eigenvalue weighted by Gasteiger charge is -2.12. The number of halogens is 3. The van der Waals surface area contributed by atoms with Crippen molar-refractivity contribution < 1.29 is 13.2 Å². The third-order valence-corrected chi connectivity index (χ3v) is 5.40. The fraction of sp³-hybridized carbons (Fsp3) is 0.200. The third kappa shape index (κ3) is 3.98. The summed E-state index contributed by atoms with van der Waals surface area (Å²) in [5, 5.41) is 0.625. The second kappa shape index (κ2) is 8.36. The number of unbranched alkanes of at least 4 members (excludes halogenated alkanes) is 1. The molecule has 4 aromatic rings. The number of H-pyrrole nitrogens is 1. The van der Waals surface area contributed by atoms with E-state index in [1.165, 1.54) is 12.1 Å². The van der Waals surface area contributed by atoms with E-state index in [1.807, 2.05) is 54.6 Å². The summed E-state index contributed by atoms with van der Waals surface area (Å²) >= 11 is 0. The van der Waals surface area contributed by atoms with Crippen molar-refractivity contribution in [3.8, 4) is 22.4 Å². The first-order valence-corrected chi connectivity index (χ1v) is 10.1. The van der Waals surface area contributed by atoms with E-state index in [0.717, 1.165) is 46.9 Å². The maximum absolute atomic E-state index is 13.3. The summed E-state index contributed by atoms with van der Waals surface area (Å²) in [4.78, 5) is 3.40. The Morgan fingerprint density at radius 2 is 1.50 bits per heavy atom. The smallest absolute Gasteiger partial charge is 0.354 e. The standard InChI is InChI=1S/C25H23F3N2/c26-25(27,28)18-13-14-23-22(16-18)21(12-6-7-15-29)24(30-23)20-11-5-4-10-19(20)17-8-2-1-3-9-17/h1-5,8-11,13-14,16,30H,6-7,12,15,29H2. The molecule has 0 bridgehead atoms. The molecule has 0 radical (unpaired) electrons. The predicted molar refractivity (Wildman–Crippen MR) is 116 cm³/mol. The van der Waals surface area contributed by atoms with E-state index >= 15 is 0 Å². The van der Waals surface area contributed by atoms with Crippen LogP contribution in [0.3, 0.4) is 0 Å². The Balaban J connectivity index is 1.92. The van der Waals surface area contributed by atoms with E-state index in [9.17, 15) is 13.2 Å². The number of alkyl halides is 3. The van der Waals surface area contributed by atoms with Crippen LogP contribution in [0.5, 0.6) is 0 Å². The maximum Gasteiger partial charge on any atom is 0.416 e. The molecule has 1 aromatic heterocycles. The van der Waals surface area contributed by atoms with Crippen molar-refractivity contribution in [1.82, 2.24) is 4.98 Å². The Bertz CT molecular complexity index is 1140. The van der Waals surface area contributed by atoms with E-state index in [1.54, 1.807) is 0 Å². The number of benzene rings is 3. The molecule has 0 unspecified atom stereocenters. The highest BCUT2D eigenvalue weighted by atomic mass is 19.4. The Morgan fingerprint density at radius 1 is 0.800 bits per heavy atom. The molecule has 0 atom stereocenters. The summed E-state index contributed by atoms with van der Waals surface area (Å²) < 4.78 is 40.0. The normalized spacial score (nSPS) is 11.9. The number of fused-ring (bicyclic) bond motifs is 1. The van der Waals surface area contributed by atoms with Crippen LogP contribution in [0.2, 0.25) is 0 Å². The lowest BCUT2D eigenvalue weighted by molar-refractivity contribution is -0.137. The monoisotopic (exact) mass is 408 g/mol. The van der Waals surface area contributed by atoms with Crippen LogP contribution in [0.4, 0.5) is 13.2 Å². The van der Waals surface area contributed by atoms with Crippen LogP contribution in [-0.2, 0) is 12.6 Å². The molecule has 0 spiro atoms. The highest BCUT2D eigenvalue weighted by molar-refractivity contribution is 5.94. The molecule has 0 saturated carbocycles. The summed E-state index contributed by atoms with van der Waals surface area (Å²) in [7, 11) is 0. The molecule has 1 heterocycles. The van der Waals surface area contributed by atoms with Gasteiger partial charge in [0, 0.05) is 16.5 Å². The van der Waals surface area contributed by atoms with Crippen molar-refractivity contribution >= 4 is 10.9 Å². The molecule has 30 heavy (non-hydrogen) atoms. The van der Waals surface area contributed by atoms with Crippen molar-refractivity contribution in [2.24, 2.45) is 5.73 Å². The van der Waals surface area contributed by atoms with E-state index in [2.05, 4.69) is 4.98 Å². The van der Waals surface area contributed by atoms with Crippen molar-refractivity contribution in [2.45, 2.75) is 25.4 Å². The van der Waals surface area contributed by atoms with Crippen LogP contribution < -0.4 is 5.73 Å². The van der Waals surface area contributed by atoms with Gasteiger partial charge in [0.1, 0.15) is 0 Å². The van der Waals surface area contributed by atoms with Gasteiger partial charge in [0.2, 0.25) is 0 Å². The largest absolute Gasteiger partial charge is 0.416 e. The first-order valence-electron chi connectivity index (χ1n) is 10.1. The summed E-state index contributed by atoms with van der Waals surface area (Å²) in [5.74, 6) is 0. The molecule has 0 aliphatic heterocycles. The zero-order chi connectivity index (χ0) is 21.1. The lowest BCUT2D eigenvalue weighted by Crippen LogP contribution is -2.04. The molecule has 0 saturated heterocycles. The molecule has 3 N–H and O–H groups in total. The average molecular weight is 408 g/mol. The molecule has 2 nitrogen and oxygen atoms in total. The second-order valence-corrected chi connectivity index (χ2v) is 7.39. The van der Waals surface area contributed by atoms with Crippen LogP contribution in [0.15, 0.2) is 72.8 Å². The molecule has 5 heteroatoms. The zero-order valence-electron chi connectivity index (χ0n) is 16.5. The lowest BCUT2D eigenvalue weighted by atomic mass is 9.93. The zero-order valence-corrected chi connectivity index (χ0v) is 16.5. The number of rotatable bonds is 6. The van der Waals surface area contributed by atoms with Gasteiger partial charge < -0.3 is 10.7 Å². The highest BCUT2D eigenvalue weighted by Crippen LogP contribution is 2.39. The number of aromatic amines is 1. The Kier molecular flexibility index (Phi) is 5.64. The third-order valence-electron chi connectivity index (χ3n) is 5.40. The molecule has 0 fully saturated rings. The molecule has 0 amide bonds. The van der Waals surface area contributed by atoms with Crippen molar-refractivity contribution in [1.29, 1.82) is 0 Å². The van der Waals surface area contributed by atoms with E-state index in [-0.39, 0.29) is 0 Å². The van der Waals surface area contributed by atoms with Crippen molar-refractivity contribution in [3.05, 3.63) is 83.9 Å². The van der Waals surface area contributed by atoms with E-state index in [0.29, 0.717) is 23.9 Å². The van der Waals surface area contributed by atoms with Crippen LogP contribution in [-0.4, -0.2) is 11.5 Å². The minimum absolute atomic E-state index is 0.562. The van der Waals surface area contributed by atoms with Gasteiger partial charge in [-0.1, -0.05) is 54.6 Å². The van der Waals surface area contributed by atoms with Gasteiger partial charge >= 0.3 is 6.18 Å². The average Bonchev–Trinajstić information content (AvgIpc) is 3.12. The number of nitrogens with one attached hydrogen (secondary N) is 1. The van der Waals surface area contributed by atoms with Gasteiger partial charge in [-0.2, -0.15) is 13.2 Å². The Morgan fingerprint density at radius 3 is 2.20 bits per heavy atom. The van der Waals surface area contributed by atoms with Gasteiger partial charge in [-0.25, -0.2) is 0 Å². The van der Waals surface area contributed by atoms with E-state index < -0.39 is 11.7 Å². The number of aromatic nitrogens is 1. The molecule has 154 valence electrons. The Labute approximate surface area is 173 Å². The molecular formula is C25H23F3N2. The number of nitrogens with two attached hydrogens (primary N) is 1. The number of hydrogen-bond donors (Lipinski definition) is 2. The minimum atomic E-state index is -4.37. The summed E-state index contributed by atoms with van der Waals surface area (Å²) in [6.07, 6.45) is -2.06. The molecule has 4 rings (SSSR count). The van der Waals surface area contributed by atoms with Gasteiger partial charge in [-0.15, -0.1) is 0 Å². The maximum atomic E-state index is 13.3. The second-order valence-electron chi connectivity index (χ2n) is 7.39. The van der Waals surface area contributed by atoms with Crippen molar-refractivity contribution in [2.75, 3.05) is 6.54 Å². The number of hydrogen-bond acceptors (Lipinski definition) is 1. The number of aryl methyl sites for hydroxylation is 1. The first-order chi connectivity index (χ1) is 14.5. The van der Waals surface area contributed by atoms with E-state index in [4.69, 9.17) is 5.73 Å². The first kappa shape index (κ1) is 20.2. The molecule has 3 aromatic carbocycles. The summed E-state index contributed by atoms with van der Waals surface area (Å²) in [5.41, 5.74) is 10.6. The van der Waals surface area contributed by atoms with Crippen LogP contribution >= 0.6 is 0 Å². The summed E-state index contributed by atoms with van der Waals surface area (Å²) in [6.45, 7) is 0.562. The molecule has 0 aliphatic rings. The fourth-order valence-corrected chi connectivity index (χ4v) is 3.93. The van der Waals surface area contributed by atoms with Crippen LogP contribution in [0, 0.1) is 0 Å². The summed E-state index contributed by atoms with van der Waals surface area (Å²) in [6, 6.07) is 21.9.